The molecule has 1 N–H and O–H groups in total. The molecule has 0 spiro atoms. The van der Waals surface area contributed by atoms with Gasteiger partial charge in [0.1, 0.15) is 12.9 Å². The van der Waals surface area contributed by atoms with E-state index in [4.69, 9.17) is 23.2 Å². The SMILES string of the molecule is Cc1nn(CC(=O)Nc2ncn(Cc3ccccc3Cl)n2)cc1Cl. The van der Waals surface area contributed by atoms with Crippen LogP contribution in [0.25, 0.3) is 0 Å². The lowest BCUT2D eigenvalue weighted by Gasteiger charge is -2.03. The highest BCUT2D eigenvalue weighted by Gasteiger charge is 2.10. The Balaban J connectivity index is 1.61. The van der Waals surface area contributed by atoms with E-state index in [1.54, 1.807) is 17.8 Å². The molecule has 0 radical (unpaired) electrons. The third-order valence-electron chi connectivity index (χ3n) is 3.27. The molecule has 0 aliphatic rings. The van der Waals surface area contributed by atoms with Crippen molar-refractivity contribution in [3.05, 3.63) is 58.1 Å². The van der Waals surface area contributed by atoms with Crippen LogP contribution in [-0.4, -0.2) is 30.5 Å². The molecule has 0 aliphatic carbocycles. The standard InChI is InChI=1S/C15H14Cl2N6O/c1-10-13(17)7-22(20-10)8-14(24)19-15-18-9-23(21-15)6-11-4-2-3-5-12(11)16/h2-5,7,9H,6,8H2,1H3,(H,19,21,24). The number of anilines is 1. The fourth-order valence-corrected chi connectivity index (χ4v) is 2.46. The number of carbonyl (C=O) groups is 1. The molecular formula is C15H14Cl2N6O. The van der Waals surface area contributed by atoms with Gasteiger partial charge in [-0.15, -0.1) is 5.10 Å². The largest absolute Gasteiger partial charge is 0.292 e. The van der Waals surface area contributed by atoms with Crippen molar-refractivity contribution in [3.8, 4) is 0 Å². The molecule has 0 saturated carbocycles. The van der Waals surface area contributed by atoms with Gasteiger partial charge in [-0.05, 0) is 18.6 Å². The number of amides is 1. The van der Waals surface area contributed by atoms with Gasteiger partial charge < -0.3 is 0 Å². The van der Waals surface area contributed by atoms with E-state index in [0.717, 1.165) is 5.56 Å². The molecule has 0 saturated heterocycles. The first kappa shape index (κ1) is 16.5. The molecule has 2 aromatic heterocycles. The summed E-state index contributed by atoms with van der Waals surface area (Å²) < 4.78 is 3.07. The van der Waals surface area contributed by atoms with Gasteiger partial charge >= 0.3 is 0 Å². The Kier molecular flexibility index (Phi) is 4.82. The lowest BCUT2D eigenvalue weighted by atomic mass is 10.2. The van der Waals surface area contributed by atoms with Crippen LogP contribution in [-0.2, 0) is 17.9 Å². The number of hydrogen-bond donors (Lipinski definition) is 1. The molecule has 3 aromatic rings. The van der Waals surface area contributed by atoms with E-state index in [1.165, 1.54) is 11.0 Å². The lowest BCUT2D eigenvalue weighted by molar-refractivity contribution is -0.116. The van der Waals surface area contributed by atoms with E-state index in [1.807, 2.05) is 24.3 Å². The minimum absolute atomic E-state index is 0.0343. The fourth-order valence-electron chi connectivity index (χ4n) is 2.12. The van der Waals surface area contributed by atoms with E-state index in [9.17, 15) is 4.79 Å². The van der Waals surface area contributed by atoms with E-state index >= 15 is 0 Å². The molecule has 0 fully saturated rings. The highest BCUT2D eigenvalue weighted by molar-refractivity contribution is 6.31. The molecule has 124 valence electrons. The number of aromatic nitrogens is 5. The summed E-state index contributed by atoms with van der Waals surface area (Å²) in [5.74, 6) is -0.0633. The van der Waals surface area contributed by atoms with Gasteiger partial charge in [0.25, 0.3) is 0 Å². The Labute approximate surface area is 148 Å². The molecule has 0 aliphatic heterocycles. The third kappa shape index (κ3) is 3.93. The zero-order valence-corrected chi connectivity index (χ0v) is 14.3. The van der Waals surface area contributed by atoms with Gasteiger partial charge in [0.15, 0.2) is 0 Å². The molecule has 2 heterocycles. The van der Waals surface area contributed by atoms with Crippen LogP contribution in [0.3, 0.4) is 0 Å². The van der Waals surface area contributed by atoms with Gasteiger partial charge in [0.2, 0.25) is 11.9 Å². The zero-order chi connectivity index (χ0) is 17.1. The minimum atomic E-state index is -0.287. The highest BCUT2D eigenvalue weighted by Crippen LogP contribution is 2.16. The smallest absolute Gasteiger partial charge is 0.248 e. The van der Waals surface area contributed by atoms with Crippen LogP contribution in [0.15, 0.2) is 36.8 Å². The molecule has 1 aromatic carbocycles. The van der Waals surface area contributed by atoms with Crippen molar-refractivity contribution in [1.29, 1.82) is 0 Å². The molecular weight excluding hydrogens is 351 g/mol. The van der Waals surface area contributed by atoms with Crippen LogP contribution >= 0.6 is 23.2 Å². The van der Waals surface area contributed by atoms with Crippen molar-refractivity contribution < 1.29 is 4.79 Å². The molecule has 0 bridgehead atoms. The average molecular weight is 365 g/mol. The summed E-state index contributed by atoms with van der Waals surface area (Å²) >= 11 is 12.0. The predicted octanol–water partition coefficient (Wildman–Crippen LogP) is 2.78. The lowest BCUT2D eigenvalue weighted by Crippen LogP contribution is -2.20. The van der Waals surface area contributed by atoms with Crippen molar-refractivity contribution in [2.45, 2.75) is 20.0 Å². The van der Waals surface area contributed by atoms with Crippen molar-refractivity contribution in [2.75, 3.05) is 5.32 Å². The van der Waals surface area contributed by atoms with Crippen LogP contribution in [0.1, 0.15) is 11.3 Å². The number of hydrogen-bond acceptors (Lipinski definition) is 4. The minimum Gasteiger partial charge on any atom is -0.292 e. The van der Waals surface area contributed by atoms with Crippen molar-refractivity contribution in [2.24, 2.45) is 0 Å². The number of nitrogens with zero attached hydrogens (tertiary/aromatic N) is 5. The number of nitrogens with one attached hydrogen (secondary N) is 1. The predicted molar refractivity (Wildman–Crippen MR) is 91.2 cm³/mol. The highest BCUT2D eigenvalue weighted by atomic mass is 35.5. The number of aryl methyl sites for hydroxylation is 1. The fraction of sp³-hybridized carbons (Fsp3) is 0.200. The topological polar surface area (TPSA) is 77.6 Å². The Hall–Kier alpha value is -2.38. The Morgan fingerprint density at radius 3 is 2.67 bits per heavy atom. The first-order valence-electron chi connectivity index (χ1n) is 7.13. The Morgan fingerprint density at radius 1 is 1.17 bits per heavy atom. The van der Waals surface area contributed by atoms with Crippen LogP contribution < -0.4 is 5.32 Å². The number of benzene rings is 1. The zero-order valence-electron chi connectivity index (χ0n) is 12.8. The van der Waals surface area contributed by atoms with Crippen molar-refractivity contribution in [1.82, 2.24) is 24.5 Å². The molecule has 3 rings (SSSR count). The first-order valence-corrected chi connectivity index (χ1v) is 7.89. The second-order valence-corrected chi connectivity index (χ2v) is 5.98. The van der Waals surface area contributed by atoms with Gasteiger partial charge in [0, 0.05) is 11.2 Å². The summed E-state index contributed by atoms with van der Waals surface area (Å²) in [4.78, 5) is 16.1. The molecule has 7 nitrogen and oxygen atoms in total. The number of carbonyl (C=O) groups excluding carboxylic acids is 1. The summed E-state index contributed by atoms with van der Waals surface area (Å²) in [7, 11) is 0. The molecule has 9 heteroatoms. The maximum atomic E-state index is 12.0. The van der Waals surface area contributed by atoms with Crippen LogP contribution in [0.5, 0.6) is 0 Å². The molecule has 0 unspecified atom stereocenters. The van der Waals surface area contributed by atoms with E-state index in [0.29, 0.717) is 22.3 Å². The molecule has 0 atom stereocenters. The van der Waals surface area contributed by atoms with Gasteiger partial charge in [-0.1, -0.05) is 41.4 Å². The van der Waals surface area contributed by atoms with E-state index < -0.39 is 0 Å². The Bertz CT molecular complexity index is 853. The monoisotopic (exact) mass is 364 g/mol. The summed E-state index contributed by atoms with van der Waals surface area (Å²) in [6.07, 6.45) is 3.13. The van der Waals surface area contributed by atoms with Crippen LogP contribution in [0.4, 0.5) is 5.95 Å². The summed E-state index contributed by atoms with van der Waals surface area (Å²) in [6, 6.07) is 7.49. The normalized spacial score (nSPS) is 10.8. The number of rotatable bonds is 5. The summed E-state index contributed by atoms with van der Waals surface area (Å²) in [5.41, 5.74) is 1.59. The second kappa shape index (κ2) is 7.02. The van der Waals surface area contributed by atoms with E-state index in [2.05, 4.69) is 20.5 Å². The number of halogens is 2. The quantitative estimate of drug-likeness (QED) is 0.754. The van der Waals surface area contributed by atoms with Crippen molar-refractivity contribution >= 4 is 35.1 Å². The van der Waals surface area contributed by atoms with E-state index in [-0.39, 0.29) is 18.4 Å². The van der Waals surface area contributed by atoms with Gasteiger partial charge in [0.05, 0.1) is 17.3 Å². The second-order valence-electron chi connectivity index (χ2n) is 5.17. The first-order chi connectivity index (χ1) is 11.5. The van der Waals surface area contributed by atoms with Gasteiger partial charge in [-0.3, -0.25) is 14.8 Å². The van der Waals surface area contributed by atoms with Gasteiger partial charge in [-0.25, -0.2) is 9.67 Å². The maximum absolute atomic E-state index is 12.0. The van der Waals surface area contributed by atoms with Gasteiger partial charge in [-0.2, -0.15) is 5.10 Å². The van der Waals surface area contributed by atoms with Crippen molar-refractivity contribution in [3.63, 3.8) is 0 Å². The molecule has 1 amide bonds. The average Bonchev–Trinajstić information content (AvgIpc) is 3.08. The third-order valence-corrected chi connectivity index (χ3v) is 4.01. The summed E-state index contributed by atoms with van der Waals surface area (Å²) in [5, 5.41) is 12.1. The summed E-state index contributed by atoms with van der Waals surface area (Å²) in [6.45, 7) is 2.28. The van der Waals surface area contributed by atoms with Crippen LogP contribution in [0, 0.1) is 6.92 Å². The maximum Gasteiger partial charge on any atom is 0.248 e. The Morgan fingerprint density at radius 2 is 1.96 bits per heavy atom. The van der Waals surface area contributed by atoms with Crippen LogP contribution in [0.2, 0.25) is 10.0 Å². The molecule has 24 heavy (non-hydrogen) atoms.